The Hall–Kier alpha value is -0.260. The van der Waals surface area contributed by atoms with Gasteiger partial charge < -0.3 is 0 Å². The molecule has 0 aromatic rings. The summed E-state index contributed by atoms with van der Waals surface area (Å²) in [4.78, 5) is 0. The summed E-state index contributed by atoms with van der Waals surface area (Å²) in [5.74, 6) is 1.04. The molecule has 0 saturated heterocycles. The van der Waals surface area contributed by atoms with Crippen molar-refractivity contribution in [2.75, 3.05) is 0 Å². The summed E-state index contributed by atoms with van der Waals surface area (Å²) in [7, 11) is 0. The molecule has 0 rings (SSSR count). The van der Waals surface area contributed by atoms with Crippen molar-refractivity contribution in [3.63, 3.8) is 0 Å². The molecule has 0 aliphatic rings. The second-order valence-corrected chi connectivity index (χ2v) is 9.58. The summed E-state index contributed by atoms with van der Waals surface area (Å²) in [6.45, 7) is 6.94. The maximum Gasteiger partial charge on any atom is -0.0351 e. The van der Waals surface area contributed by atoms with E-state index in [1.165, 1.54) is 148 Å². The van der Waals surface area contributed by atoms with E-state index in [9.17, 15) is 0 Å². The van der Waals surface area contributed by atoms with Crippen LogP contribution in [0, 0.1) is 5.92 Å². The summed E-state index contributed by atoms with van der Waals surface area (Å²) < 4.78 is 0. The lowest BCUT2D eigenvalue weighted by Gasteiger charge is -2.16. The summed E-state index contributed by atoms with van der Waals surface area (Å²) in [5, 5.41) is 0. The van der Waals surface area contributed by atoms with Crippen LogP contribution in [0.15, 0.2) is 12.2 Å². The van der Waals surface area contributed by atoms with Crippen molar-refractivity contribution < 1.29 is 0 Å². The molecular formula is C29H58. The van der Waals surface area contributed by atoms with E-state index in [1.807, 2.05) is 0 Å². The first-order chi connectivity index (χ1) is 14.3. The van der Waals surface area contributed by atoms with Gasteiger partial charge in [0.05, 0.1) is 0 Å². The lowest BCUT2D eigenvalue weighted by atomic mass is 9.90. The number of allylic oxidation sites excluding steroid dienone is 2. The molecule has 0 heterocycles. The summed E-state index contributed by atoms with van der Waals surface area (Å²) in [6.07, 6.45) is 37.9. The van der Waals surface area contributed by atoms with Gasteiger partial charge in [0.15, 0.2) is 0 Å². The van der Waals surface area contributed by atoms with Gasteiger partial charge in [0.2, 0.25) is 0 Å². The second-order valence-electron chi connectivity index (χ2n) is 9.58. The van der Waals surface area contributed by atoms with E-state index in [1.54, 1.807) is 0 Å². The highest BCUT2D eigenvalue weighted by atomic mass is 14.1. The number of rotatable bonds is 24. The summed E-state index contributed by atoms with van der Waals surface area (Å²) >= 11 is 0. The number of hydrogen-bond donors (Lipinski definition) is 0. The monoisotopic (exact) mass is 406 g/mol. The van der Waals surface area contributed by atoms with Gasteiger partial charge in [-0.15, -0.1) is 0 Å². The fourth-order valence-electron chi connectivity index (χ4n) is 4.45. The van der Waals surface area contributed by atoms with E-state index >= 15 is 0 Å². The summed E-state index contributed by atoms with van der Waals surface area (Å²) in [6, 6.07) is 0. The van der Waals surface area contributed by atoms with E-state index in [0.29, 0.717) is 0 Å². The highest BCUT2D eigenvalue weighted by Gasteiger charge is 2.07. The molecule has 0 fully saturated rings. The van der Waals surface area contributed by atoms with E-state index in [-0.39, 0.29) is 0 Å². The topological polar surface area (TPSA) is 0 Å². The third-order valence-electron chi connectivity index (χ3n) is 6.56. The first-order valence-corrected chi connectivity index (χ1v) is 14.0. The first kappa shape index (κ1) is 28.7. The Labute approximate surface area is 186 Å². The van der Waals surface area contributed by atoms with Crippen LogP contribution in [0.5, 0.6) is 0 Å². The van der Waals surface area contributed by atoms with Crippen LogP contribution in [0.1, 0.15) is 168 Å². The van der Waals surface area contributed by atoms with Crippen molar-refractivity contribution in [1.82, 2.24) is 0 Å². The molecule has 0 nitrogen and oxygen atoms in total. The highest BCUT2D eigenvalue weighted by Crippen LogP contribution is 2.23. The molecule has 1 atom stereocenters. The molecule has 0 aliphatic heterocycles. The third kappa shape index (κ3) is 23.9. The largest absolute Gasteiger partial charge is 0.0885 e. The van der Waals surface area contributed by atoms with Crippen molar-refractivity contribution in [2.24, 2.45) is 5.92 Å². The van der Waals surface area contributed by atoms with E-state index in [0.717, 1.165) is 5.92 Å². The van der Waals surface area contributed by atoms with Crippen molar-refractivity contribution in [1.29, 1.82) is 0 Å². The van der Waals surface area contributed by atoms with Crippen molar-refractivity contribution >= 4 is 0 Å². The van der Waals surface area contributed by atoms with Gasteiger partial charge >= 0.3 is 0 Å². The van der Waals surface area contributed by atoms with Gasteiger partial charge in [-0.25, -0.2) is 0 Å². The Morgan fingerprint density at radius 3 is 1.28 bits per heavy atom. The number of unbranched alkanes of at least 4 members (excludes halogenated alkanes) is 16. The van der Waals surface area contributed by atoms with Gasteiger partial charge in [-0.3, -0.25) is 0 Å². The third-order valence-corrected chi connectivity index (χ3v) is 6.56. The predicted octanol–water partition coefficient (Wildman–Crippen LogP) is 11.2. The quantitative estimate of drug-likeness (QED) is 0.110. The van der Waals surface area contributed by atoms with Crippen LogP contribution >= 0.6 is 0 Å². The molecule has 0 spiro atoms. The lowest BCUT2D eigenvalue weighted by molar-refractivity contribution is 0.373. The SMILES string of the molecule is CCCC/C=C/CCCCCCCCCCCCCC(CCCC)CCCCC. The van der Waals surface area contributed by atoms with Crippen LogP contribution in [0.2, 0.25) is 0 Å². The zero-order chi connectivity index (χ0) is 21.3. The average Bonchev–Trinajstić information content (AvgIpc) is 2.73. The molecule has 0 N–H and O–H groups in total. The highest BCUT2D eigenvalue weighted by molar-refractivity contribution is 4.81. The lowest BCUT2D eigenvalue weighted by Crippen LogP contribution is -2.01. The molecule has 0 saturated carbocycles. The molecule has 29 heavy (non-hydrogen) atoms. The van der Waals surface area contributed by atoms with Crippen LogP contribution in [-0.4, -0.2) is 0 Å². The molecule has 174 valence electrons. The molecular weight excluding hydrogens is 348 g/mol. The van der Waals surface area contributed by atoms with Gasteiger partial charge in [0, 0.05) is 0 Å². The first-order valence-electron chi connectivity index (χ1n) is 14.0. The molecule has 1 unspecified atom stereocenters. The van der Waals surface area contributed by atoms with E-state index in [4.69, 9.17) is 0 Å². The van der Waals surface area contributed by atoms with Crippen LogP contribution in [0.25, 0.3) is 0 Å². The Morgan fingerprint density at radius 1 is 0.379 bits per heavy atom. The summed E-state index contributed by atoms with van der Waals surface area (Å²) in [5.41, 5.74) is 0. The minimum atomic E-state index is 1.04. The van der Waals surface area contributed by atoms with Gasteiger partial charge in [-0.1, -0.05) is 161 Å². The Kier molecular flexibility index (Phi) is 25.5. The van der Waals surface area contributed by atoms with E-state index in [2.05, 4.69) is 32.9 Å². The van der Waals surface area contributed by atoms with Gasteiger partial charge in [0.1, 0.15) is 0 Å². The molecule has 0 amide bonds. The Bertz CT molecular complexity index is 303. The second kappa shape index (κ2) is 25.8. The predicted molar refractivity (Wildman–Crippen MR) is 136 cm³/mol. The molecule has 0 radical (unpaired) electrons. The van der Waals surface area contributed by atoms with Crippen LogP contribution in [0.4, 0.5) is 0 Å². The smallest absolute Gasteiger partial charge is 0.0351 e. The van der Waals surface area contributed by atoms with E-state index < -0.39 is 0 Å². The molecule has 0 heteroatoms. The molecule has 0 aromatic carbocycles. The van der Waals surface area contributed by atoms with Gasteiger partial charge in [-0.05, 0) is 25.2 Å². The Balaban J connectivity index is 3.33. The van der Waals surface area contributed by atoms with Crippen LogP contribution < -0.4 is 0 Å². The van der Waals surface area contributed by atoms with Gasteiger partial charge in [0.25, 0.3) is 0 Å². The standard InChI is InChI=1S/C29H58/c1-4-7-10-11-12-13-14-15-16-17-18-19-20-21-22-23-25-28-29(26-9-6-3)27-24-8-5-2/h11-12,29H,4-10,13-28H2,1-3H3/b12-11+. The normalized spacial score (nSPS) is 12.8. The van der Waals surface area contributed by atoms with Crippen LogP contribution in [0.3, 0.4) is 0 Å². The zero-order valence-corrected chi connectivity index (χ0v) is 21.0. The minimum Gasteiger partial charge on any atom is -0.0885 e. The maximum absolute atomic E-state index is 2.41. The average molecular weight is 407 g/mol. The van der Waals surface area contributed by atoms with Gasteiger partial charge in [-0.2, -0.15) is 0 Å². The molecule has 0 bridgehead atoms. The van der Waals surface area contributed by atoms with Crippen molar-refractivity contribution in [2.45, 2.75) is 168 Å². The van der Waals surface area contributed by atoms with Crippen molar-refractivity contribution in [3.05, 3.63) is 12.2 Å². The van der Waals surface area contributed by atoms with Crippen molar-refractivity contribution in [3.8, 4) is 0 Å². The molecule has 0 aromatic heterocycles. The van der Waals surface area contributed by atoms with Crippen LogP contribution in [-0.2, 0) is 0 Å². The Morgan fingerprint density at radius 2 is 0.759 bits per heavy atom. The maximum atomic E-state index is 2.41. The minimum absolute atomic E-state index is 1.04. The fraction of sp³-hybridized carbons (Fsp3) is 0.931. The number of hydrogen-bond acceptors (Lipinski definition) is 0. The fourth-order valence-corrected chi connectivity index (χ4v) is 4.45. The zero-order valence-electron chi connectivity index (χ0n) is 21.0. The molecule has 0 aliphatic carbocycles.